The zero-order valence-corrected chi connectivity index (χ0v) is 11.4. The maximum atomic E-state index is 6.19. The van der Waals surface area contributed by atoms with Crippen LogP contribution in [-0.4, -0.2) is 9.78 Å². The highest BCUT2D eigenvalue weighted by molar-refractivity contribution is 6.20. The minimum absolute atomic E-state index is 0.00537. The Bertz CT molecular complexity index is 524. The van der Waals surface area contributed by atoms with Gasteiger partial charge in [0.1, 0.15) is 0 Å². The Hall–Kier alpha value is -1.28. The molecule has 2 aromatic rings. The van der Waals surface area contributed by atoms with Crippen molar-refractivity contribution in [3.8, 4) is 5.69 Å². The maximum Gasteiger partial charge on any atom is 0.0649 e. The van der Waals surface area contributed by atoms with Crippen molar-refractivity contribution in [2.24, 2.45) is 0 Å². The molecule has 0 saturated heterocycles. The first kappa shape index (κ1) is 12.2. The second kappa shape index (κ2) is 4.53. The lowest BCUT2D eigenvalue weighted by molar-refractivity contribution is 0.832. The molecule has 0 fully saturated rings. The fourth-order valence-corrected chi connectivity index (χ4v) is 2.48. The molecule has 0 bridgehead atoms. The molecular formula is C14H17ClN2. The van der Waals surface area contributed by atoms with Crippen molar-refractivity contribution in [3.05, 3.63) is 46.8 Å². The summed E-state index contributed by atoms with van der Waals surface area (Å²) in [4.78, 5) is 0. The molecular weight excluding hydrogens is 232 g/mol. The van der Waals surface area contributed by atoms with E-state index >= 15 is 0 Å². The molecule has 17 heavy (non-hydrogen) atoms. The summed E-state index contributed by atoms with van der Waals surface area (Å²) in [6, 6.07) is 8.35. The van der Waals surface area contributed by atoms with E-state index in [2.05, 4.69) is 43.2 Å². The second-order valence-electron chi connectivity index (χ2n) is 4.45. The predicted molar refractivity (Wildman–Crippen MR) is 72.0 cm³/mol. The first-order chi connectivity index (χ1) is 8.00. The molecule has 1 aromatic heterocycles. The number of hydrogen-bond acceptors (Lipinski definition) is 1. The average Bonchev–Trinajstić information content (AvgIpc) is 2.55. The zero-order valence-electron chi connectivity index (χ0n) is 10.7. The van der Waals surface area contributed by atoms with E-state index in [0.717, 1.165) is 22.6 Å². The van der Waals surface area contributed by atoms with Gasteiger partial charge in [0.05, 0.1) is 16.8 Å². The van der Waals surface area contributed by atoms with E-state index in [4.69, 9.17) is 11.6 Å². The maximum absolute atomic E-state index is 6.19. The summed E-state index contributed by atoms with van der Waals surface area (Å²) < 4.78 is 1.96. The molecule has 1 atom stereocenters. The summed E-state index contributed by atoms with van der Waals surface area (Å²) in [6.45, 7) is 8.13. The number of nitrogens with zero attached hydrogens (tertiary/aromatic N) is 2. The van der Waals surface area contributed by atoms with Gasteiger partial charge in [-0.3, -0.25) is 0 Å². The van der Waals surface area contributed by atoms with Gasteiger partial charge >= 0.3 is 0 Å². The summed E-state index contributed by atoms with van der Waals surface area (Å²) >= 11 is 6.19. The Morgan fingerprint density at radius 3 is 2.18 bits per heavy atom. The van der Waals surface area contributed by atoms with Crippen molar-refractivity contribution in [1.29, 1.82) is 0 Å². The van der Waals surface area contributed by atoms with Crippen LogP contribution in [0.3, 0.4) is 0 Å². The predicted octanol–water partition coefficient (Wildman–Crippen LogP) is 4.10. The smallest absolute Gasteiger partial charge is 0.0649 e. The molecule has 0 spiro atoms. The number of aromatic nitrogens is 2. The highest BCUT2D eigenvalue weighted by atomic mass is 35.5. The molecule has 0 radical (unpaired) electrons. The summed E-state index contributed by atoms with van der Waals surface area (Å²) in [6.07, 6.45) is 0. The van der Waals surface area contributed by atoms with Crippen LogP contribution in [0.15, 0.2) is 24.3 Å². The molecule has 0 aliphatic heterocycles. The van der Waals surface area contributed by atoms with Crippen LogP contribution in [0.1, 0.15) is 34.8 Å². The first-order valence-electron chi connectivity index (χ1n) is 5.78. The van der Waals surface area contributed by atoms with Crippen LogP contribution in [-0.2, 0) is 0 Å². The van der Waals surface area contributed by atoms with E-state index in [1.807, 2.05) is 18.5 Å². The monoisotopic (exact) mass is 248 g/mol. The number of alkyl halides is 1. The summed E-state index contributed by atoms with van der Waals surface area (Å²) in [5.74, 6) is 0. The number of aryl methyl sites for hydroxylation is 2. The van der Waals surface area contributed by atoms with Crippen LogP contribution >= 0.6 is 11.6 Å². The lowest BCUT2D eigenvalue weighted by atomic mass is 10.1. The van der Waals surface area contributed by atoms with Gasteiger partial charge in [-0.05, 0) is 39.8 Å². The molecule has 1 heterocycles. The quantitative estimate of drug-likeness (QED) is 0.732. The minimum atomic E-state index is -0.00537. The van der Waals surface area contributed by atoms with Crippen LogP contribution in [0.5, 0.6) is 0 Å². The highest BCUT2D eigenvalue weighted by Gasteiger charge is 2.16. The van der Waals surface area contributed by atoms with Crippen molar-refractivity contribution < 1.29 is 0 Å². The Morgan fingerprint density at radius 1 is 1.12 bits per heavy atom. The van der Waals surface area contributed by atoms with Gasteiger partial charge in [-0.2, -0.15) is 5.10 Å². The standard InChI is InChI=1S/C14H17ClN2/c1-9-5-7-13(8-6-9)17-12(4)14(10(2)15)11(3)16-17/h5-8,10H,1-4H3. The largest absolute Gasteiger partial charge is 0.238 e. The highest BCUT2D eigenvalue weighted by Crippen LogP contribution is 2.27. The third-order valence-corrected chi connectivity index (χ3v) is 3.24. The molecule has 0 N–H and O–H groups in total. The third-order valence-electron chi connectivity index (χ3n) is 3.02. The van der Waals surface area contributed by atoms with Crippen LogP contribution in [0.25, 0.3) is 5.69 Å². The van der Waals surface area contributed by atoms with Gasteiger partial charge in [0.2, 0.25) is 0 Å². The van der Waals surface area contributed by atoms with Gasteiger partial charge in [0.25, 0.3) is 0 Å². The van der Waals surface area contributed by atoms with Gasteiger partial charge in [-0.1, -0.05) is 17.7 Å². The van der Waals surface area contributed by atoms with Crippen molar-refractivity contribution in [1.82, 2.24) is 9.78 Å². The van der Waals surface area contributed by atoms with Gasteiger partial charge in [-0.15, -0.1) is 11.6 Å². The third kappa shape index (κ3) is 2.22. The molecule has 90 valence electrons. The second-order valence-corrected chi connectivity index (χ2v) is 5.10. The van der Waals surface area contributed by atoms with E-state index < -0.39 is 0 Å². The minimum Gasteiger partial charge on any atom is -0.238 e. The number of benzene rings is 1. The fraction of sp³-hybridized carbons (Fsp3) is 0.357. The number of halogens is 1. The van der Waals surface area contributed by atoms with Crippen molar-refractivity contribution in [2.45, 2.75) is 33.1 Å². The number of hydrogen-bond donors (Lipinski definition) is 0. The summed E-state index contributed by atoms with van der Waals surface area (Å²) in [5.41, 5.74) is 5.59. The van der Waals surface area contributed by atoms with Crippen molar-refractivity contribution in [2.75, 3.05) is 0 Å². The summed E-state index contributed by atoms with van der Waals surface area (Å²) in [5, 5.41) is 4.56. The topological polar surface area (TPSA) is 17.8 Å². The molecule has 0 amide bonds. The fourth-order valence-electron chi connectivity index (χ4n) is 2.17. The van der Waals surface area contributed by atoms with Crippen LogP contribution in [0.4, 0.5) is 0 Å². The van der Waals surface area contributed by atoms with Gasteiger partial charge < -0.3 is 0 Å². The molecule has 0 aliphatic rings. The summed E-state index contributed by atoms with van der Waals surface area (Å²) in [7, 11) is 0. The number of rotatable bonds is 2. The van der Waals surface area contributed by atoms with Crippen molar-refractivity contribution >= 4 is 11.6 Å². The van der Waals surface area contributed by atoms with Crippen molar-refractivity contribution in [3.63, 3.8) is 0 Å². The molecule has 0 saturated carbocycles. The normalized spacial score (nSPS) is 12.8. The van der Waals surface area contributed by atoms with Gasteiger partial charge in [0, 0.05) is 11.3 Å². The van der Waals surface area contributed by atoms with Crippen LogP contribution in [0.2, 0.25) is 0 Å². The SMILES string of the molecule is Cc1ccc(-n2nc(C)c(C(C)Cl)c2C)cc1. The van der Waals surface area contributed by atoms with E-state index in [9.17, 15) is 0 Å². The lowest BCUT2D eigenvalue weighted by Crippen LogP contribution is -1.99. The zero-order chi connectivity index (χ0) is 12.6. The van der Waals surface area contributed by atoms with E-state index in [-0.39, 0.29) is 5.38 Å². The molecule has 0 aliphatic carbocycles. The first-order valence-corrected chi connectivity index (χ1v) is 6.21. The molecule has 1 unspecified atom stereocenters. The van der Waals surface area contributed by atoms with Gasteiger partial charge in [0.15, 0.2) is 0 Å². The Balaban J connectivity index is 2.53. The lowest BCUT2D eigenvalue weighted by Gasteiger charge is -2.06. The van der Waals surface area contributed by atoms with E-state index in [1.165, 1.54) is 5.56 Å². The molecule has 2 rings (SSSR count). The Morgan fingerprint density at radius 2 is 1.71 bits per heavy atom. The molecule has 2 nitrogen and oxygen atoms in total. The average molecular weight is 249 g/mol. The van der Waals surface area contributed by atoms with Gasteiger partial charge in [-0.25, -0.2) is 4.68 Å². The van der Waals surface area contributed by atoms with E-state index in [1.54, 1.807) is 0 Å². The Labute approximate surface area is 107 Å². The molecule has 1 aromatic carbocycles. The van der Waals surface area contributed by atoms with E-state index in [0.29, 0.717) is 0 Å². The Kier molecular flexibility index (Phi) is 3.25. The molecule has 3 heteroatoms. The van der Waals surface area contributed by atoms with Crippen LogP contribution < -0.4 is 0 Å². The van der Waals surface area contributed by atoms with Crippen LogP contribution in [0, 0.1) is 20.8 Å².